The Labute approximate surface area is 150 Å². The maximum atomic E-state index is 12.5. The molecule has 0 atom stereocenters. The maximum Gasteiger partial charge on any atom is 0.223 e. The van der Waals surface area contributed by atoms with E-state index in [-0.39, 0.29) is 11.9 Å². The minimum atomic E-state index is 0.177. The molecule has 0 spiro atoms. The highest BCUT2D eigenvalue weighted by molar-refractivity contribution is 9.10. The lowest BCUT2D eigenvalue weighted by molar-refractivity contribution is -0.133. The van der Waals surface area contributed by atoms with Crippen molar-refractivity contribution in [1.82, 2.24) is 9.88 Å². The molecule has 5 heteroatoms. The van der Waals surface area contributed by atoms with Crippen LogP contribution in [0.2, 0.25) is 0 Å². The van der Waals surface area contributed by atoms with E-state index in [4.69, 9.17) is 0 Å². The number of rotatable bonds is 7. The standard InChI is InChI=1S/C18H21BrN2OS/c1-14(2)21(13-15-6-5-10-20-12-15)18(22)9-11-23-17-8-4-3-7-16(17)19/h3-8,10,12,14H,9,11,13H2,1-2H3. The molecule has 2 aromatic rings. The first kappa shape index (κ1) is 18.0. The van der Waals surface area contributed by atoms with Crippen molar-refractivity contribution in [2.75, 3.05) is 5.75 Å². The average molecular weight is 393 g/mol. The van der Waals surface area contributed by atoms with Crippen LogP contribution < -0.4 is 0 Å². The second-order valence-electron chi connectivity index (χ2n) is 5.51. The number of nitrogens with zero attached hydrogens (tertiary/aromatic N) is 2. The summed E-state index contributed by atoms with van der Waals surface area (Å²) in [7, 11) is 0. The maximum absolute atomic E-state index is 12.5. The van der Waals surface area contributed by atoms with Crippen LogP contribution in [0.15, 0.2) is 58.2 Å². The fraction of sp³-hybridized carbons (Fsp3) is 0.333. The highest BCUT2D eigenvalue weighted by Crippen LogP contribution is 2.27. The number of pyridine rings is 1. The molecule has 1 amide bonds. The van der Waals surface area contributed by atoms with Crippen LogP contribution in [0.1, 0.15) is 25.8 Å². The van der Waals surface area contributed by atoms with Crippen LogP contribution in [0, 0.1) is 0 Å². The zero-order valence-corrected chi connectivity index (χ0v) is 15.8. The molecule has 0 aliphatic heterocycles. The molecule has 0 saturated carbocycles. The van der Waals surface area contributed by atoms with Crippen molar-refractivity contribution in [1.29, 1.82) is 0 Å². The third kappa shape index (κ3) is 5.66. The summed E-state index contributed by atoms with van der Waals surface area (Å²) < 4.78 is 1.08. The largest absolute Gasteiger partial charge is 0.336 e. The highest BCUT2D eigenvalue weighted by Gasteiger charge is 2.17. The summed E-state index contributed by atoms with van der Waals surface area (Å²) in [5.74, 6) is 0.959. The van der Waals surface area contributed by atoms with Gasteiger partial charge in [0.2, 0.25) is 5.91 Å². The highest BCUT2D eigenvalue weighted by atomic mass is 79.9. The van der Waals surface area contributed by atoms with Gasteiger partial charge in [-0.15, -0.1) is 11.8 Å². The molecule has 1 heterocycles. The van der Waals surface area contributed by atoms with Crippen LogP contribution in [0.25, 0.3) is 0 Å². The predicted octanol–water partition coefficient (Wildman–Crippen LogP) is 4.76. The van der Waals surface area contributed by atoms with E-state index in [0.717, 1.165) is 15.8 Å². The average Bonchev–Trinajstić information content (AvgIpc) is 2.55. The number of hydrogen-bond donors (Lipinski definition) is 0. The molecule has 1 aromatic carbocycles. The van der Waals surface area contributed by atoms with Crippen LogP contribution in [0.4, 0.5) is 0 Å². The van der Waals surface area contributed by atoms with Crippen LogP contribution >= 0.6 is 27.7 Å². The van der Waals surface area contributed by atoms with E-state index in [2.05, 4.69) is 40.8 Å². The predicted molar refractivity (Wildman–Crippen MR) is 99.4 cm³/mol. The Bertz CT molecular complexity index is 634. The normalized spacial score (nSPS) is 10.8. The zero-order chi connectivity index (χ0) is 16.7. The van der Waals surface area contributed by atoms with E-state index in [0.29, 0.717) is 13.0 Å². The number of halogens is 1. The summed E-state index contributed by atoms with van der Waals surface area (Å²) in [6.07, 6.45) is 4.10. The Morgan fingerprint density at radius 3 is 2.70 bits per heavy atom. The Kier molecular flexibility index (Phi) is 7.12. The first-order chi connectivity index (χ1) is 11.1. The number of carbonyl (C=O) groups excluding carboxylic acids is 1. The Morgan fingerprint density at radius 1 is 1.26 bits per heavy atom. The van der Waals surface area contributed by atoms with Crippen molar-refractivity contribution in [2.24, 2.45) is 0 Å². The van der Waals surface area contributed by atoms with E-state index >= 15 is 0 Å². The van der Waals surface area contributed by atoms with Gasteiger partial charge in [-0.05, 0) is 53.5 Å². The van der Waals surface area contributed by atoms with Crippen LogP contribution in [-0.4, -0.2) is 27.6 Å². The summed E-state index contributed by atoms with van der Waals surface area (Å²) >= 11 is 5.24. The molecule has 0 saturated heterocycles. The van der Waals surface area contributed by atoms with Gasteiger partial charge in [0, 0.05) is 46.5 Å². The monoisotopic (exact) mass is 392 g/mol. The van der Waals surface area contributed by atoms with E-state index in [1.54, 1.807) is 18.0 Å². The zero-order valence-electron chi connectivity index (χ0n) is 13.4. The second kappa shape index (κ2) is 9.08. The third-order valence-electron chi connectivity index (χ3n) is 3.43. The molecule has 122 valence electrons. The quantitative estimate of drug-likeness (QED) is 0.636. The van der Waals surface area contributed by atoms with E-state index in [1.807, 2.05) is 41.4 Å². The first-order valence-electron chi connectivity index (χ1n) is 7.63. The molecule has 0 N–H and O–H groups in total. The van der Waals surface area contributed by atoms with Crippen molar-refractivity contribution in [2.45, 2.75) is 37.8 Å². The summed E-state index contributed by atoms with van der Waals surface area (Å²) in [5, 5.41) is 0. The summed E-state index contributed by atoms with van der Waals surface area (Å²) in [5.41, 5.74) is 1.06. The number of carbonyl (C=O) groups is 1. The molecular formula is C18H21BrN2OS. The first-order valence-corrected chi connectivity index (χ1v) is 9.41. The van der Waals surface area contributed by atoms with E-state index in [1.165, 1.54) is 4.90 Å². The fourth-order valence-electron chi connectivity index (χ4n) is 2.20. The molecule has 0 radical (unpaired) electrons. The molecule has 3 nitrogen and oxygen atoms in total. The van der Waals surface area contributed by atoms with Gasteiger partial charge in [-0.2, -0.15) is 0 Å². The van der Waals surface area contributed by atoms with Crippen LogP contribution in [0.5, 0.6) is 0 Å². The molecule has 2 rings (SSSR count). The minimum Gasteiger partial charge on any atom is -0.336 e. The molecule has 23 heavy (non-hydrogen) atoms. The molecule has 0 bridgehead atoms. The lowest BCUT2D eigenvalue weighted by atomic mass is 10.2. The van der Waals surface area contributed by atoms with Gasteiger partial charge < -0.3 is 4.90 Å². The van der Waals surface area contributed by atoms with Gasteiger partial charge in [0.05, 0.1) is 0 Å². The van der Waals surface area contributed by atoms with Gasteiger partial charge in [0.25, 0.3) is 0 Å². The Morgan fingerprint density at radius 2 is 2.04 bits per heavy atom. The molecule has 0 unspecified atom stereocenters. The molecule has 0 fully saturated rings. The number of thioether (sulfide) groups is 1. The summed E-state index contributed by atoms with van der Waals surface area (Å²) in [6.45, 7) is 4.72. The summed E-state index contributed by atoms with van der Waals surface area (Å²) in [6, 6.07) is 12.2. The minimum absolute atomic E-state index is 0.177. The van der Waals surface area contributed by atoms with Crippen LogP contribution in [-0.2, 0) is 11.3 Å². The fourth-order valence-corrected chi connectivity index (χ4v) is 3.71. The number of amides is 1. The van der Waals surface area contributed by atoms with Crippen molar-refractivity contribution in [3.05, 3.63) is 58.8 Å². The van der Waals surface area contributed by atoms with Gasteiger partial charge in [0.1, 0.15) is 0 Å². The van der Waals surface area contributed by atoms with Gasteiger partial charge in [0.15, 0.2) is 0 Å². The molecular weight excluding hydrogens is 372 g/mol. The SMILES string of the molecule is CC(C)N(Cc1cccnc1)C(=O)CCSc1ccccc1Br. The van der Waals surface area contributed by atoms with Crippen molar-refractivity contribution >= 4 is 33.6 Å². The number of aromatic nitrogens is 1. The third-order valence-corrected chi connectivity index (χ3v) is 5.46. The Hall–Kier alpha value is -1.33. The Balaban J connectivity index is 1.90. The van der Waals surface area contributed by atoms with Gasteiger partial charge in [-0.25, -0.2) is 0 Å². The topological polar surface area (TPSA) is 33.2 Å². The number of hydrogen-bond acceptors (Lipinski definition) is 3. The van der Waals surface area contributed by atoms with Crippen molar-refractivity contribution < 1.29 is 4.79 Å². The molecule has 1 aromatic heterocycles. The summed E-state index contributed by atoms with van der Waals surface area (Å²) in [4.78, 5) is 19.7. The van der Waals surface area contributed by atoms with Crippen molar-refractivity contribution in [3.63, 3.8) is 0 Å². The van der Waals surface area contributed by atoms with Gasteiger partial charge in [-0.3, -0.25) is 9.78 Å². The van der Waals surface area contributed by atoms with Crippen LogP contribution in [0.3, 0.4) is 0 Å². The number of benzene rings is 1. The lowest BCUT2D eigenvalue weighted by Gasteiger charge is -2.27. The van der Waals surface area contributed by atoms with E-state index < -0.39 is 0 Å². The van der Waals surface area contributed by atoms with Gasteiger partial charge in [-0.1, -0.05) is 18.2 Å². The van der Waals surface area contributed by atoms with E-state index in [9.17, 15) is 4.79 Å². The smallest absolute Gasteiger partial charge is 0.223 e. The molecule has 0 aliphatic carbocycles. The molecule has 0 aliphatic rings. The lowest BCUT2D eigenvalue weighted by Crippen LogP contribution is -2.36. The van der Waals surface area contributed by atoms with Crippen molar-refractivity contribution in [3.8, 4) is 0 Å². The van der Waals surface area contributed by atoms with Gasteiger partial charge >= 0.3 is 0 Å². The second-order valence-corrected chi connectivity index (χ2v) is 7.50.